The zero-order chi connectivity index (χ0) is 9.84. The first-order valence-corrected chi connectivity index (χ1v) is 3.60. The predicted molar refractivity (Wildman–Crippen MR) is 42.8 cm³/mol. The van der Waals surface area contributed by atoms with E-state index in [2.05, 4.69) is 10.1 Å². The van der Waals surface area contributed by atoms with Crippen LogP contribution in [-0.4, -0.2) is 26.7 Å². The van der Waals surface area contributed by atoms with Crippen LogP contribution in [0.3, 0.4) is 0 Å². The summed E-state index contributed by atoms with van der Waals surface area (Å²) >= 11 is 5.38. The van der Waals surface area contributed by atoms with E-state index in [0.29, 0.717) is 0 Å². The van der Waals surface area contributed by atoms with Crippen molar-refractivity contribution >= 4 is 23.5 Å². The minimum Gasteiger partial charge on any atom is -0.351 e. The number of urea groups is 1. The lowest BCUT2D eigenvalue weighted by Crippen LogP contribution is -2.37. The normalized spacial score (nSPS) is 9.62. The summed E-state index contributed by atoms with van der Waals surface area (Å²) in [4.78, 5) is 24.7. The number of amides is 3. The van der Waals surface area contributed by atoms with E-state index < -0.39 is 11.9 Å². The molecule has 0 radical (unpaired) electrons. The highest BCUT2D eigenvalue weighted by Crippen LogP contribution is 1.95. The first-order chi connectivity index (χ1) is 6.08. The summed E-state index contributed by atoms with van der Waals surface area (Å²) in [5, 5.41) is 5.52. The Bertz CT molecular complexity index is 335. The van der Waals surface area contributed by atoms with E-state index >= 15 is 0 Å². The summed E-state index contributed by atoms with van der Waals surface area (Å²) in [5.41, 5.74) is 4.71. The fourth-order valence-electron chi connectivity index (χ4n) is 0.672. The Balaban J connectivity index is 2.50. The van der Waals surface area contributed by atoms with Crippen molar-refractivity contribution in [1.29, 1.82) is 0 Å². The van der Waals surface area contributed by atoms with Gasteiger partial charge in [-0.15, -0.1) is 5.10 Å². The molecule has 0 saturated heterocycles. The van der Waals surface area contributed by atoms with Gasteiger partial charge in [-0.25, -0.2) is 14.5 Å². The Morgan fingerprint density at radius 2 is 2.38 bits per heavy atom. The first kappa shape index (κ1) is 9.46. The van der Waals surface area contributed by atoms with Gasteiger partial charge < -0.3 is 5.73 Å². The largest absolute Gasteiger partial charge is 0.351 e. The molecule has 0 spiro atoms. The Kier molecular flexibility index (Phi) is 2.80. The number of hydrogen-bond donors (Lipinski definition) is 2. The highest BCUT2D eigenvalue weighted by Gasteiger charge is 2.06. The van der Waals surface area contributed by atoms with Crippen LogP contribution in [0.25, 0.3) is 0 Å². The molecule has 0 bridgehead atoms. The van der Waals surface area contributed by atoms with Crippen LogP contribution in [0.5, 0.6) is 0 Å². The van der Waals surface area contributed by atoms with Crippen LogP contribution in [0.2, 0.25) is 5.28 Å². The van der Waals surface area contributed by atoms with Crippen LogP contribution < -0.4 is 11.1 Å². The number of imide groups is 1. The molecule has 0 aliphatic rings. The highest BCUT2D eigenvalue weighted by atomic mass is 35.5. The summed E-state index contributed by atoms with van der Waals surface area (Å²) in [6.45, 7) is -0.150. The molecule has 13 heavy (non-hydrogen) atoms. The fourth-order valence-corrected chi connectivity index (χ4v) is 0.813. The van der Waals surface area contributed by atoms with E-state index in [0.717, 1.165) is 0 Å². The topological polar surface area (TPSA) is 103 Å². The third-order valence-electron chi connectivity index (χ3n) is 1.08. The van der Waals surface area contributed by atoms with Crippen molar-refractivity contribution in [2.45, 2.75) is 6.54 Å². The van der Waals surface area contributed by atoms with Crippen LogP contribution in [-0.2, 0) is 11.3 Å². The molecule has 0 atom stereocenters. The summed E-state index contributed by atoms with van der Waals surface area (Å²) in [6, 6.07) is -0.906. The number of primary amides is 1. The Morgan fingerprint density at radius 3 is 2.85 bits per heavy atom. The molecule has 7 nitrogen and oxygen atoms in total. The van der Waals surface area contributed by atoms with E-state index in [1.165, 1.54) is 11.0 Å². The third kappa shape index (κ3) is 3.08. The van der Waals surface area contributed by atoms with Crippen LogP contribution in [0, 0.1) is 0 Å². The van der Waals surface area contributed by atoms with Crippen LogP contribution in [0.4, 0.5) is 4.79 Å². The summed E-state index contributed by atoms with van der Waals surface area (Å²) in [5.74, 6) is -0.575. The van der Waals surface area contributed by atoms with Crippen molar-refractivity contribution in [2.24, 2.45) is 5.73 Å². The molecule has 1 aromatic heterocycles. The minimum atomic E-state index is -0.906. The van der Waals surface area contributed by atoms with Crippen molar-refractivity contribution in [3.8, 4) is 0 Å². The maximum Gasteiger partial charge on any atom is 0.318 e. The van der Waals surface area contributed by atoms with Gasteiger partial charge in [0, 0.05) is 0 Å². The number of nitrogens with two attached hydrogens (primary N) is 1. The maximum atomic E-state index is 10.9. The second-order valence-corrected chi connectivity index (χ2v) is 2.46. The number of nitrogens with one attached hydrogen (secondary N) is 1. The number of aromatic nitrogens is 3. The number of hydrogen-bond acceptors (Lipinski definition) is 4. The molecule has 70 valence electrons. The molecule has 1 aromatic rings. The predicted octanol–water partition coefficient (Wildman–Crippen LogP) is -0.874. The molecule has 1 heterocycles. The van der Waals surface area contributed by atoms with Gasteiger partial charge in [-0.05, 0) is 11.6 Å². The highest BCUT2D eigenvalue weighted by molar-refractivity contribution is 6.28. The zero-order valence-corrected chi connectivity index (χ0v) is 7.15. The third-order valence-corrected chi connectivity index (χ3v) is 1.25. The van der Waals surface area contributed by atoms with Crippen LogP contribution >= 0.6 is 11.6 Å². The van der Waals surface area contributed by atoms with E-state index in [9.17, 15) is 9.59 Å². The van der Waals surface area contributed by atoms with E-state index in [4.69, 9.17) is 17.3 Å². The van der Waals surface area contributed by atoms with Crippen molar-refractivity contribution in [2.75, 3.05) is 0 Å². The van der Waals surface area contributed by atoms with Gasteiger partial charge in [0.1, 0.15) is 12.9 Å². The zero-order valence-electron chi connectivity index (χ0n) is 6.40. The van der Waals surface area contributed by atoms with Crippen molar-refractivity contribution < 1.29 is 9.59 Å². The summed E-state index contributed by atoms with van der Waals surface area (Å²) < 4.78 is 1.18. The monoisotopic (exact) mass is 203 g/mol. The molecule has 3 amide bonds. The van der Waals surface area contributed by atoms with E-state index in [1.807, 2.05) is 5.32 Å². The van der Waals surface area contributed by atoms with Gasteiger partial charge in [-0.1, -0.05) is 0 Å². The molecule has 0 aliphatic carbocycles. The maximum absolute atomic E-state index is 10.9. The number of carbonyl (C=O) groups excluding carboxylic acids is 2. The second kappa shape index (κ2) is 3.85. The lowest BCUT2D eigenvalue weighted by Gasteiger charge is -1.98. The SMILES string of the molecule is NC(=O)NC(=O)Cn1cnc(Cl)n1. The van der Waals surface area contributed by atoms with Gasteiger partial charge in [-0.2, -0.15) is 0 Å². The van der Waals surface area contributed by atoms with Gasteiger partial charge in [0.25, 0.3) is 0 Å². The molecule has 1 rings (SSSR count). The van der Waals surface area contributed by atoms with Crippen molar-refractivity contribution in [3.05, 3.63) is 11.6 Å². The lowest BCUT2D eigenvalue weighted by atomic mass is 10.6. The fraction of sp³-hybridized carbons (Fsp3) is 0.200. The number of halogens is 1. The van der Waals surface area contributed by atoms with Crippen LogP contribution in [0.1, 0.15) is 0 Å². The first-order valence-electron chi connectivity index (χ1n) is 3.22. The summed E-state index contributed by atoms with van der Waals surface area (Å²) in [7, 11) is 0. The molecule has 8 heteroatoms. The number of nitrogens with zero attached hydrogens (tertiary/aromatic N) is 3. The molecule has 0 aromatic carbocycles. The molecule has 0 fully saturated rings. The van der Waals surface area contributed by atoms with E-state index in [-0.39, 0.29) is 11.8 Å². The molecule has 0 aliphatic heterocycles. The van der Waals surface area contributed by atoms with Gasteiger partial charge in [0.15, 0.2) is 0 Å². The van der Waals surface area contributed by atoms with E-state index in [1.54, 1.807) is 0 Å². The molecular formula is C5H6ClN5O2. The molecular weight excluding hydrogens is 198 g/mol. The summed E-state index contributed by atoms with van der Waals surface area (Å²) in [6.07, 6.45) is 1.27. The van der Waals surface area contributed by atoms with Gasteiger partial charge in [0.05, 0.1) is 0 Å². The Hall–Kier alpha value is -1.63. The van der Waals surface area contributed by atoms with Crippen molar-refractivity contribution in [1.82, 2.24) is 20.1 Å². The molecule has 0 unspecified atom stereocenters. The number of rotatable bonds is 2. The number of carbonyl (C=O) groups is 2. The van der Waals surface area contributed by atoms with Gasteiger partial charge in [0.2, 0.25) is 11.2 Å². The van der Waals surface area contributed by atoms with Crippen LogP contribution in [0.15, 0.2) is 6.33 Å². The average molecular weight is 204 g/mol. The molecule has 0 saturated carbocycles. The smallest absolute Gasteiger partial charge is 0.318 e. The quantitative estimate of drug-likeness (QED) is 0.652. The molecule has 3 N–H and O–H groups in total. The Morgan fingerprint density at radius 1 is 1.69 bits per heavy atom. The Labute approximate surface area is 77.9 Å². The minimum absolute atomic E-state index is 0.0341. The van der Waals surface area contributed by atoms with Crippen molar-refractivity contribution in [3.63, 3.8) is 0 Å². The standard InChI is InChI=1S/C5H6ClN5O2/c6-4-8-2-11(10-4)1-3(12)9-5(7)13/h2H,1H2,(H3,7,9,12,13). The second-order valence-electron chi connectivity index (χ2n) is 2.12. The van der Waals surface area contributed by atoms with Gasteiger partial charge >= 0.3 is 6.03 Å². The average Bonchev–Trinajstić information content (AvgIpc) is 2.33. The lowest BCUT2D eigenvalue weighted by molar-refractivity contribution is -0.120. The van der Waals surface area contributed by atoms with Gasteiger partial charge in [-0.3, -0.25) is 10.1 Å².